The van der Waals surface area contributed by atoms with E-state index in [1.807, 2.05) is 11.8 Å². The predicted octanol–water partition coefficient (Wildman–Crippen LogP) is 1.54. The van der Waals surface area contributed by atoms with E-state index in [1.54, 1.807) is 0 Å². The van der Waals surface area contributed by atoms with Crippen molar-refractivity contribution < 1.29 is 9.59 Å². The molecule has 3 atom stereocenters. The van der Waals surface area contributed by atoms with Crippen molar-refractivity contribution in [1.29, 1.82) is 0 Å². The molecule has 106 valence electrons. The lowest BCUT2D eigenvalue weighted by molar-refractivity contribution is -0.139. The first-order chi connectivity index (χ1) is 9.19. The minimum atomic E-state index is -0.247. The van der Waals surface area contributed by atoms with Crippen molar-refractivity contribution in [3.63, 3.8) is 0 Å². The Labute approximate surface area is 118 Å². The molecule has 5 heteroatoms. The molecule has 3 rings (SSSR count). The van der Waals surface area contributed by atoms with E-state index >= 15 is 0 Å². The first-order valence-corrected chi connectivity index (χ1v) is 8.47. The Morgan fingerprint density at radius 1 is 1.26 bits per heavy atom. The monoisotopic (exact) mass is 282 g/mol. The molecule has 0 aromatic carbocycles. The number of rotatable bonds is 5. The number of nitrogens with one attached hydrogen (secondary N) is 1. The summed E-state index contributed by atoms with van der Waals surface area (Å²) in [7, 11) is 0. The van der Waals surface area contributed by atoms with E-state index in [9.17, 15) is 9.59 Å². The molecular formula is C14H22N2O2S. The Hall–Kier alpha value is -0.550. The molecule has 2 saturated carbocycles. The van der Waals surface area contributed by atoms with E-state index in [0.717, 1.165) is 36.7 Å². The van der Waals surface area contributed by atoms with Crippen LogP contribution in [-0.4, -0.2) is 45.8 Å². The molecule has 0 aromatic heterocycles. The van der Waals surface area contributed by atoms with Gasteiger partial charge in [-0.1, -0.05) is 6.92 Å². The standard InChI is InChI=1S/C14H22N2O2S/c1-2-19-11-6-3-9(7-11)15-12-8-13(17)16(14(12)18)10-4-5-10/h9-12,15H,2-8H2,1H3. The number of hydrogen-bond acceptors (Lipinski definition) is 4. The number of thioether (sulfide) groups is 1. The molecule has 0 aromatic rings. The third-order valence-electron chi connectivity index (χ3n) is 4.32. The maximum absolute atomic E-state index is 12.2. The first kappa shape index (κ1) is 13.4. The highest BCUT2D eigenvalue weighted by Crippen LogP contribution is 2.33. The number of likely N-dealkylation sites (tertiary alicyclic amines) is 1. The van der Waals surface area contributed by atoms with Crippen LogP contribution < -0.4 is 5.32 Å². The van der Waals surface area contributed by atoms with E-state index < -0.39 is 0 Å². The van der Waals surface area contributed by atoms with Gasteiger partial charge in [0.25, 0.3) is 0 Å². The van der Waals surface area contributed by atoms with Gasteiger partial charge in [0.05, 0.1) is 12.5 Å². The second-order valence-corrected chi connectivity index (χ2v) is 7.42. The summed E-state index contributed by atoms with van der Waals surface area (Å²) in [5.41, 5.74) is 0. The van der Waals surface area contributed by atoms with Crippen LogP contribution in [0.4, 0.5) is 0 Å². The Bertz CT molecular complexity index is 384. The van der Waals surface area contributed by atoms with Gasteiger partial charge in [-0.2, -0.15) is 11.8 Å². The Morgan fingerprint density at radius 3 is 2.74 bits per heavy atom. The van der Waals surface area contributed by atoms with Gasteiger partial charge >= 0.3 is 0 Å². The van der Waals surface area contributed by atoms with E-state index in [1.165, 1.54) is 11.3 Å². The van der Waals surface area contributed by atoms with Crippen molar-refractivity contribution >= 4 is 23.6 Å². The molecule has 3 aliphatic rings. The highest BCUT2D eigenvalue weighted by molar-refractivity contribution is 7.99. The van der Waals surface area contributed by atoms with Gasteiger partial charge < -0.3 is 5.32 Å². The third kappa shape index (κ3) is 2.82. The summed E-state index contributed by atoms with van der Waals surface area (Å²) in [6, 6.07) is 0.396. The zero-order chi connectivity index (χ0) is 13.4. The van der Waals surface area contributed by atoms with Gasteiger partial charge in [-0.05, 0) is 37.9 Å². The molecule has 2 aliphatic carbocycles. The molecule has 4 nitrogen and oxygen atoms in total. The minimum Gasteiger partial charge on any atom is -0.303 e. The van der Waals surface area contributed by atoms with Crippen molar-refractivity contribution in [2.75, 3.05) is 5.75 Å². The van der Waals surface area contributed by atoms with Crippen molar-refractivity contribution in [2.24, 2.45) is 0 Å². The summed E-state index contributed by atoms with van der Waals surface area (Å²) in [4.78, 5) is 25.6. The van der Waals surface area contributed by atoms with Crippen molar-refractivity contribution in [1.82, 2.24) is 10.2 Å². The number of nitrogens with zero attached hydrogens (tertiary/aromatic N) is 1. The average Bonchev–Trinajstić information content (AvgIpc) is 3.04. The summed E-state index contributed by atoms with van der Waals surface area (Å²) in [5, 5.41) is 4.16. The average molecular weight is 282 g/mol. The highest BCUT2D eigenvalue weighted by Gasteiger charge is 2.46. The van der Waals surface area contributed by atoms with E-state index in [2.05, 4.69) is 12.2 Å². The minimum absolute atomic E-state index is 0.0269. The van der Waals surface area contributed by atoms with Gasteiger partial charge in [0.1, 0.15) is 0 Å². The van der Waals surface area contributed by atoms with Crippen molar-refractivity contribution in [2.45, 2.75) is 68.8 Å². The fourth-order valence-electron chi connectivity index (χ4n) is 3.26. The Morgan fingerprint density at radius 2 is 2.05 bits per heavy atom. The molecular weight excluding hydrogens is 260 g/mol. The van der Waals surface area contributed by atoms with E-state index in [-0.39, 0.29) is 23.9 Å². The topological polar surface area (TPSA) is 49.4 Å². The zero-order valence-electron chi connectivity index (χ0n) is 11.4. The fraction of sp³-hybridized carbons (Fsp3) is 0.857. The fourth-order valence-corrected chi connectivity index (χ4v) is 4.40. The summed E-state index contributed by atoms with van der Waals surface area (Å²) >= 11 is 2.02. The van der Waals surface area contributed by atoms with Crippen LogP contribution in [0.1, 0.15) is 45.4 Å². The van der Waals surface area contributed by atoms with Gasteiger partial charge in [-0.25, -0.2) is 0 Å². The molecule has 0 spiro atoms. The molecule has 2 amide bonds. The molecule has 1 saturated heterocycles. The van der Waals surface area contributed by atoms with Crippen LogP contribution in [0.3, 0.4) is 0 Å². The van der Waals surface area contributed by atoms with Gasteiger partial charge in [0, 0.05) is 17.3 Å². The molecule has 1 aliphatic heterocycles. The molecule has 19 heavy (non-hydrogen) atoms. The third-order valence-corrected chi connectivity index (χ3v) is 5.55. The quantitative estimate of drug-likeness (QED) is 0.777. The summed E-state index contributed by atoms with van der Waals surface area (Å²) in [5.74, 6) is 1.22. The number of carbonyl (C=O) groups is 2. The van der Waals surface area contributed by atoms with Crippen LogP contribution in [0, 0.1) is 0 Å². The Kier molecular flexibility index (Phi) is 3.85. The second kappa shape index (κ2) is 5.44. The van der Waals surface area contributed by atoms with Crippen LogP contribution in [0.25, 0.3) is 0 Å². The summed E-state index contributed by atoms with van der Waals surface area (Å²) in [6.07, 6.45) is 5.89. The van der Waals surface area contributed by atoms with Gasteiger partial charge in [0.15, 0.2) is 0 Å². The second-order valence-electron chi connectivity index (χ2n) is 5.84. The lowest BCUT2D eigenvalue weighted by atomic mass is 10.2. The number of carbonyl (C=O) groups excluding carboxylic acids is 2. The lowest BCUT2D eigenvalue weighted by Gasteiger charge is -2.18. The largest absolute Gasteiger partial charge is 0.303 e. The lowest BCUT2D eigenvalue weighted by Crippen LogP contribution is -2.43. The van der Waals surface area contributed by atoms with Crippen LogP contribution in [0.2, 0.25) is 0 Å². The van der Waals surface area contributed by atoms with Crippen LogP contribution in [0.5, 0.6) is 0 Å². The van der Waals surface area contributed by atoms with Crippen molar-refractivity contribution in [3.05, 3.63) is 0 Å². The van der Waals surface area contributed by atoms with Gasteiger partial charge in [-0.3, -0.25) is 14.5 Å². The maximum Gasteiger partial charge on any atom is 0.247 e. The summed E-state index contributed by atoms with van der Waals surface area (Å²) < 4.78 is 0. The summed E-state index contributed by atoms with van der Waals surface area (Å²) in [6.45, 7) is 2.19. The molecule has 3 fully saturated rings. The number of imide groups is 1. The van der Waals surface area contributed by atoms with Crippen LogP contribution in [0.15, 0.2) is 0 Å². The Balaban J connectivity index is 1.53. The molecule has 0 radical (unpaired) electrons. The predicted molar refractivity (Wildman–Crippen MR) is 76.0 cm³/mol. The highest BCUT2D eigenvalue weighted by atomic mass is 32.2. The van der Waals surface area contributed by atoms with Gasteiger partial charge in [0.2, 0.25) is 11.8 Å². The van der Waals surface area contributed by atoms with Crippen LogP contribution in [-0.2, 0) is 9.59 Å². The first-order valence-electron chi connectivity index (χ1n) is 7.42. The molecule has 1 N–H and O–H groups in total. The number of hydrogen-bond donors (Lipinski definition) is 1. The van der Waals surface area contributed by atoms with Crippen LogP contribution >= 0.6 is 11.8 Å². The van der Waals surface area contributed by atoms with Gasteiger partial charge in [-0.15, -0.1) is 0 Å². The molecule has 1 heterocycles. The molecule has 3 unspecified atom stereocenters. The maximum atomic E-state index is 12.2. The van der Waals surface area contributed by atoms with E-state index in [0.29, 0.717) is 12.5 Å². The SMILES string of the molecule is CCSC1CCC(NC2CC(=O)N(C3CC3)C2=O)C1. The number of amides is 2. The molecule has 0 bridgehead atoms. The smallest absolute Gasteiger partial charge is 0.247 e. The zero-order valence-corrected chi connectivity index (χ0v) is 12.2. The van der Waals surface area contributed by atoms with Crippen molar-refractivity contribution in [3.8, 4) is 0 Å². The van der Waals surface area contributed by atoms with E-state index in [4.69, 9.17) is 0 Å². The normalized spacial score (nSPS) is 35.4.